The number of hydrogen-bond acceptors (Lipinski definition) is 8. The summed E-state index contributed by atoms with van der Waals surface area (Å²) in [4.78, 5) is 24.4. The second-order valence-electron chi connectivity index (χ2n) is 9.04. The van der Waals surface area contributed by atoms with Gasteiger partial charge in [0.05, 0.1) is 24.0 Å². The van der Waals surface area contributed by atoms with Gasteiger partial charge in [0.15, 0.2) is 0 Å². The number of sulfonamides is 2. The summed E-state index contributed by atoms with van der Waals surface area (Å²) < 4.78 is 63.7. The minimum Gasteiger partial charge on any atom is -0.497 e. The standard InChI is InChI=1S/C29H28N4O8S2/c1-40-24-11-15-26(16-12-24)42(36,37)32-28(34)30-22-7-3-20(4-8-22)19-21-5-9-23(10-6-21)31-29(35)33-43(38,39)27-17-13-25(41-2)14-18-27/h3-18H,19H2,1-2H3,(H2,30,32,34)(H2,31,33,35). The van der Waals surface area contributed by atoms with Crippen LogP contribution in [0, 0.1) is 0 Å². The second-order valence-corrected chi connectivity index (χ2v) is 12.4. The maximum Gasteiger partial charge on any atom is 0.333 e. The molecule has 4 rings (SSSR count). The summed E-state index contributed by atoms with van der Waals surface area (Å²) in [5, 5.41) is 4.98. The lowest BCUT2D eigenvalue weighted by atomic mass is 10.0. The predicted molar refractivity (Wildman–Crippen MR) is 160 cm³/mol. The van der Waals surface area contributed by atoms with Gasteiger partial charge < -0.3 is 20.1 Å². The molecule has 0 aliphatic carbocycles. The van der Waals surface area contributed by atoms with E-state index in [1.807, 2.05) is 9.44 Å². The van der Waals surface area contributed by atoms with Gasteiger partial charge >= 0.3 is 12.1 Å². The Hall–Kier alpha value is -5.08. The second kappa shape index (κ2) is 13.3. The number of anilines is 2. The highest BCUT2D eigenvalue weighted by Crippen LogP contribution is 2.19. The van der Waals surface area contributed by atoms with Gasteiger partial charge in [-0.15, -0.1) is 0 Å². The molecule has 0 aliphatic rings. The number of rotatable bonds is 10. The van der Waals surface area contributed by atoms with Crippen molar-refractivity contribution in [2.75, 3.05) is 24.9 Å². The van der Waals surface area contributed by atoms with Crippen LogP contribution < -0.4 is 29.6 Å². The fraction of sp³-hybridized carbons (Fsp3) is 0.103. The van der Waals surface area contributed by atoms with Crippen LogP contribution in [0.4, 0.5) is 21.0 Å². The van der Waals surface area contributed by atoms with Crippen LogP contribution in [-0.4, -0.2) is 43.1 Å². The number of nitrogens with one attached hydrogen (secondary N) is 4. The van der Waals surface area contributed by atoms with Crippen molar-refractivity contribution in [3.8, 4) is 11.5 Å². The van der Waals surface area contributed by atoms with Crippen molar-refractivity contribution in [3.05, 3.63) is 108 Å². The minimum absolute atomic E-state index is 0.0840. The molecule has 4 aromatic rings. The number of carbonyl (C=O) groups excluding carboxylic acids is 2. The molecule has 0 saturated heterocycles. The Labute approximate surface area is 249 Å². The topological polar surface area (TPSA) is 169 Å². The van der Waals surface area contributed by atoms with E-state index in [0.717, 1.165) is 11.1 Å². The zero-order chi connectivity index (χ0) is 31.0. The van der Waals surface area contributed by atoms with Crippen LogP contribution in [0.15, 0.2) is 107 Å². The molecule has 0 atom stereocenters. The molecule has 4 N–H and O–H groups in total. The summed E-state index contributed by atoms with van der Waals surface area (Å²) in [6.07, 6.45) is 0.524. The zero-order valence-electron chi connectivity index (χ0n) is 23.0. The molecular weight excluding hydrogens is 596 g/mol. The number of carbonyl (C=O) groups is 2. The minimum atomic E-state index is -4.07. The Balaban J connectivity index is 1.28. The van der Waals surface area contributed by atoms with Crippen molar-refractivity contribution < 1.29 is 35.9 Å². The van der Waals surface area contributed by atoms with Crippen LogP contribution in [-0.2, 0) is 26.5 Å². The fourth-order valence-corrected chi connectivity index (χ4v) is 5.65. The largest absolute Gasteiger partial charge is 0.497 e. The summed E-state index contributed by atoms with van der Waals surface area (Å²) in [5.41, 5.74) is 2.59. The van der Waals surface area contributed by atoms with E-state index in [1.165, 1.54) is 62.8 Å². The van der Waals surface area contributed by atoms with Crippen LogP contribution in [0.5, 0.6) is 11.5 Å². The number of amides is 4. The molecule has 0 spiro atoms. The summed E-state index contributed by atoms with van der Waals surface area (Å²) >= 11 is 0. The Morgan fingerprint density at radius 2 is 0.860 bits per heavy atom. The lowest BCUT2D eigenvalue weighted by Gasteiger charge is -2.11. The lowest BCUT2D eigenvalue weighted by Crippen LogP contribution is -2.34. The quantitative estimate of drug-likeness (QED) is 0.202. The molecule has 0 radical (unpaired) electrons. The molecule has 0 heterocycles. The van der Waals surface area contributed by atoms with Crippen molar-refractivity contribution in [1.82, 2.24) is 9.44 Å². The molecule has 0 fully saturated rings. The van der Waals surface area contributed by atoms with Crippen LogP contribution >= 0.6 is 0 Å². The molecule has 0 aliphatic heterocycles. The van der Waals surface area contributed by atoms with Crippen molar-refractivity contribution in [1.29, 1.82) is 0 Å². The van der Waals surface area contributed by atoms with E-state index in [0.29, 0.717) is 29.3 Å². The molecule has 0 bridgehead atoms. The van der Waals surface area contributed by atoms with Gasteiger partial charge in [-0.3, -0.25) is 0 Å². The zero-order valence-corrected chi connectivity index (χ0v) is 24.7. The highest BCUT2D eigenvalue weighted by molar-refractivity contribution is 7.90. The van der Waals surface area contributed by atoms with Crippen molar-refractivity contribution in [3.63, 3.8) is 0 Å². The van der Waals surface area contributed by atoms with E-state index in [4.69, 9.17) is 9.47 Å². The van der Waals surface area contributed by atoms with E-state index in [1.54, 1.807) is 48.5 Å². The van der Waals surface area contributed by atoms with Crippen molar-refractivity contribution in [2.45, 2.75) is 16.2 Å². The van der Waals surface area contributed by atoms with Crippen molar-refractivity contribution in [2.24, 2.45) is 0 Å². The van der Waals surface area contributed by atoms with Gasteiger partial charge in [0.25, 0.3) is 20.0 Å². The first-order valence-electron chi connectivity index (χ1n) is 12.6. The molecule has 0 saturated carbocycles. The van der Waals surface area contributed by atoms with E-state index < -0.39 is 32.1 Å². The van der Waals surface area contributed by atoms with Crippen LogP contribution in [0.1, 0.15) is 11.1 Å². The Bertz CT molecular complexity index is 1660. The first-order valence-corrected chi connectivity index (χ1v) is 15.6. The number of methoxy groups -OCH3 is 2. The highest BCUT2D eigenvalue weighted by Gasteiger charge is 2.19. The normalized spacial score (nSPS) is 11.2. The average molecular weight is 625 g/mol. The summed E-state index contributed by atoms with van der Waals surface area (Å²) in [5.74, 6) is 0.968. The first kappa shape index (κ1) is 30.9. The summed E-state index contributed by atoms with van der Waals surface area (Å²) in [6.45, 7) is 0. The van der Waals surface area contributed by atoms with Crippen LogP contribution in [0.25, 0.3) is 0 Å². The van der Waals surface area contributed by atoms with Crippen molar-refractivity contribution >= 4 is 43.5 Å². The van der Waals surface area contributed by atoms with E-state index in [-0.39, 0.29) is 9.79 Å². The Morgan fingerprint density at radius 1 is 0.535 bits per heavy atom. The summed E-state index contributed by atoms with van der Waals surface area (Å²) in [6, 6.07) is 23.0. The first-order chi connectivity index (χ1) is 20.5. The van der Waals surface area contributed by atoms with Gasteiger partial charge in [-0.25, -0.2) is 35.9 Å². The maximum absolute atomic E-state index is 12.4. The molecule has 224 valence electrons. The summed E-state index contributed by atoms with van der Waals surface area (Å²) in [7, 11) is -5.22. The molecule has 14 heteroatoms. The van der Waals surface area contributed by atoms with Gasteiger partial charge in [0.2, 0.25) is 0 Å². The van der Waals surface area contributed by atoms with Crippen LogP contribution in [0.2, 0.25) is 0 Å². The average Bonchev–Trinajstić information content (AvgIpc) is 2.98. The van der Waals surface area contributed by atoms with E-state index in [2.05, 4.69) is 10.6 Å². The molecule has 12 nitrogen and oxygen atoms in total. The van der Waals surface area contributed by atoms with Gasteiger partial charge in [-0.05, 0) is 90.3 Å². The van der Waals surface area contributed by atoms with Crippen LogP contribution in [0.3, 0.4) is 0 Å². The number of benzene rings is 4. The fourth-order valence-electron chi connectivity index (χ4n) is 3.83. The monoisotopic (exact) mass is 624 g/mol. The molecule has 4 amide bonds. The third-order valence-corrected chi connectivity index (χ3v) is 8.72. The van der Waals surface area contributed by atoms with Gasteiger partial charge in [0, 0.05) is 11.4 Å². The van der Waals surface area contributed by atoms with Gasteiger partial charge in [-0.2, -0.15) is 0 Å². The Morgan fingerprint density at radius 3 is 1.16 bits per heavy atom. The number of ether oxygens (including phenoxy) is 2. The Kier molecular flexibility index (Phi) is 9.52. The predicted octanol–water partition coefficient (Wildman–Crippen LogP) is 4.32. The third kappa shape index (κ3) is 8.47. The number of urea groups is 2. The molecule has 43 heavy (non-hydrogen) atoms. The highest BCUT2D eigenvalue weighted by atomic mass is 32.2. The molecule has 4 aromatic carbocycles. The molecule has 0 aromatic heterocycles. The smallest absolute Gasteiger partial charge is 0.333 e. The number of hydrogen-bond donors (Lipinski definition) is 4. The van der Waals surface area contributed by atoms with Gasteiger partial charge in [-0.1, -0.05) is 24.3 Å². The third-order valence-electron chi connectivity index (χ3n) is 6.03. The maximum atomic E-state index is 12.4. The van der Waals surface area contributed by atoms with E-state index in [9.17, 15) is 26.4 Å². The molecular formula is C29H28N4O8S2. The molecule has 0 unspecified atom stereocenters. The van der Waals surface area contributed by atoms with E-state index >= 15 is 0 Å². The lowest BCUT2D eigenvalue weighted by molar-refractivity contribution is 0.255. The van der Waals surface area contributed by atoms with Gasteiger partial charge in [0.1, 0.15) is 11.5 Å². The SMILES string of the molecule is COc1ccc(S(=O)(=O)NC(=O)Nc2ccc(Cc3ccc(NC(=O)NS(=O)(=O)c4ccc(OC)cc4)cc3)cc2)cc1.